The molecule has 1 atom stereocenters. The third-order valence-electron chi connectivity index (χ3n) is 3.14. The summed E-state index contributed by atoms with van der Waals surface area (Å²) in [5.41, 5.74) is 8.09. The van der Waals surface area contributed by atoms with Crippen molar-refractivity contribution >= 4 is 17.3 Å². The van der Waals surface area contributed by atoms with Gasteiger partial charge >= 0.3 is 0 Å². The Morgan fingerprint density at radius 3 is 2.62 bits per heavy atom. The largest absolute Gasteiger partial charge is 0.368 e. The normalized spacial score (nSPS) is 17.2. The molecule has 88 valence electrons. The summed E-state index contributed by atoms with van der Waals surface area (Å²) in [6.07, 6.45) is 2.58. The van der Waals surface area contributed by atoms with Crippen LogP contribution in [0.2, 0.25) is 5.02 Å². The van der Waals surface area contributed by atoms with Gasteiger partial charge in [0.25, 0.3) is 0 Å². The number of nitrogens with zero attached hydrogens (tertiary/aromatic N) is 1. The lowest BCUT2D eigenvalue weighted by molar-refractivity contribution is 0.809. The van der Waals surface area contributed by atoms with Gasteiger partial charge in [-0.2, -0.15) is 0 Å². The Kier molecular flexibility index (Phi) is 3.41. The molecule has 0 heterocycles. The highest BCUT2D eigenvalue weighted by atomic mass is 35.5. The van der Waals surface area contributed by atoms with Crippen molar-refractivity contribution in [2.24, 2.45) is 5.73 Å². The Hall–Kier alpha value is -0.730. The summed E-state index contributed by atoms with van der Waals surface area (Å²) >= 11 is 6.32. The van der Waals surface area contributed by atoms with Gasteiger partial charge < -0.3 is 10.6 Å². The van der Waals surface area contributed by atoms with E-state index in [1.165, 1.54) is 12.8 Å². The Balaban J connectivity index is 2.27. The molecular weight excluding hydrogens is 220 g/mol. The van der Waals surface area contributed by atoms with Gasteiger partial charge in [0.15, 0.2) is 0 Å². The summed E-state index contributed by atoms with van der Waals surface area (Å²) in [6.45, 7) is 5.17. The second-order valence-corrected chi connectivity index (χ2v) is 4.92. The predicted molar refractivity (Wildman–Crippen MR) is 70.1 cm³/mol. The van der Waals surface area contributed by atoms with Crippen molar-refractivity contribution in [3.05, 3.63) is 28.8 Å². The van der Waals surface area contributed by atoms with Crippen molar-refractivity contribution < 1.29 is 0 Å². The molecule has 0 aliphatic heterocycles. The van der Waals surface area contributed by atoms with Gasteiger partial charge in [-0.05, 0) is 44.4 Å². The Morgan fingerprint density at radius 1 is 1.50 bits per heavy atom. The summed E-state index contributed by atoms with van der Waals surface area (Å²) < 4.78 is 0. The zero-order valence-corrected chi connectivity index (χ0v) is 10.7. The van der Waals surface area contributed by atoms with E-state index in [1.807, 2.05) is 13.0 Å². The SMILES string of the molecule is CCN(c1ccc(C(C)N)cc1Cl)C1CC1. The maximum Gasteiger partial charge on any atom is 0.0642 e. The van der Waals surface area contributed by atoms with E-state index >= 15 is 0 Å². The van der Waals surface area contributed by atoms with Crippen LogP contribution in [0.15, 0.2) is 18.2 Å². The molecule has 16 heavy (non-hydrogen) atoms. The van der Waals surface area contributed by atoms with Crippen LogP contribution >= 0.6 is 11.6 Å². The van der Waals surface area contributed by atoms with E-state index < -0.39 is 0 Å². The van der Waals surface area contributed by atoms with Crippen molar-refractivity contribution in [1.82, 2.24) is 0 Å². The minimum absolute atomic E-state index is 0.0440. The molecule has 1 aliphatic carbocycles. The summed E-state index contributed by atoms with van der Waals surface area (Å²) in [7, 11) is 0. The van der Waals surface area contributed by atoms with Crippen LogP contribution in [-0.4, -0.2) is 12.6 Å². The molecule has 1 aliphatic rings. The monoisotopic (exact) mass is 238 g/mol. The number of hydrogen-bond acceptors (Lipinski definition) is 2. The van der Waals surface area contributed by atoms with Crippen LogP contribution in [0.3, 0.4) is 0 Å². The third kappa shape index (κ3) is 2.33. The third-order valence-corrected chi connectivity index (χ3v) is 3.44. The van der Waals surface area contributed by atoms with Gasteiger partial charge in [-0.15, -0.1) is 0 Å². The van der Waals surface area contributed by atoms with Crippen molar-refractivity contribution in [1.29, 1.82) is 0 Å². The first kappa shape index (κ1) is 11.7. The van der Waals surface area contributed by atoms with Crippen LogP contribution < -0.4 is 10.6 Å². The molecule has 3 heteroatoms. The topological polar surface area (TPSA) is 29.3 Å². The molecule has 0 radical (unpaired) electrons. The zero-order valence-electron chi connectivity index (χ0n) is 9.91. The Labute approximate surface area is 102 Å². The number of nitrogens with two attached hydrogens (primary N) is 1. The number of rotatable bonds is 4. The lowest BCUT2D eigenvalue weighted by Gasteiger charge is -2.24. The van der Waals surface area contributed by atoms with Crippen molar-refractivity contribution in [3.8, 4) is 0 Å². The first-order chi connectivity index (χ1) is 7.63. The quantitative estimate of drug-likeness (QED) is 0.872. The molecule has 0 aromatic heterocycles. The van der Waals surface area contributed by atoms with E-state index in [9.17, 15) is 0 Å². The van der Waals surface area contributed by atoms with Crippen LogP contribution in [0.5, 0.6) is 0 Å². The molecule has 1 saturated carbocycles. The van der Waals surface area contributed by atoms with Crippen molar-refractivity contribution in [2.75, 3.05) is 11.4 Å². The second kappa shape index (κ2) is 4.64. The van der Waals surface area contributed by atoms with Crippen LogP contribution in [0.4, 0.5) is 5.69 Å². The number of hydrogen-bond donors (Lipinski definition) is 1. The minimum Gasteiger partial charge on any atom is -0.368 e. The van der Waals surface area contributed by atoms with Gasteiger partial charge in [0.2, 0.25) is 0 Å². The van der Waals surface area contributed by atoms with Crippen molar-refractivity contribution in [3.63, 3.8) is 0 Å². The van der Waals surface area contributed by atoms with Gasteiger partial charge in [0.05, 0.1) is 10.7 Å². The number of halogens is 1. The molecule has 0 amide bonds. The summed E-state index contributed by atoms with van der Waals surface area (Å²) in [6, 6.07) is 6.91. The zero-order chi connectivity index (χ0) is 11.7. The molecule has 2 rings (SSSR count). The Bertz CT molecular complexity index is 372. The van der Waals surface area contributed by atoms with Gasteiger partial charge in [-0.1, -0.05) is 17.7 Å². The molecule has 0 spiro atoms. The minimum atomic E-state index is 0.0440. The molecule has 0 saturated heterocycles. The smallest absolute Gasteiger partial charge is 0.0642 e. The predicted octanol–water partition coefficient (Wildman–Crippen LogP) is 3.35. The fraction of sp³-hybridized carbons (Fsp3) is 0.538. The molecule has 2 nitrogen and oxygen atoms in total. The van der Waals surface area contributed by atoms with Crippen LogP contribution in [0.1, 0.15) is 38.3 Å². The molecule has 2 N–H and O–H groups in total. The highest BCUT2D eigenvalue weighted by molar-refractivity contribution is 6.33. The van der Waals surface area contributed by atoms with Crippen LogP contribution in [-0.2, 0) is 0 Å². The second-order valence-electron chi connectivity index (χ2n) is 4.52. The maximum absolute atomic E-state index is 6.32. The standard InChI is InChI=1S/C13H19ClN2/c1-3-16(11-5-6-11)13-7-4-10(9(2)15)8-12(13)14/h4,7-9,11H,3,5-6,15H2,1-2H3. The van der Waals surface area contributed by atoms with E-state index in [0.29, 0.717) is 6.04 Å². The van der Waals surface area contributed by atoms with E-state index in [4.69, 9.17) is 17.3 Å². The fourth-order valence-electron chi connectivity index (χ4n) is 2.05. The van der Waals surface area contributed by atoms with Gasteiger partial charge in [0, 0.05) is 18.6 Å². The van der Waals surface area contributed by atoms with Crippen LogP contribution in [0.25, 0.3) is 0 Å². The first-order valence-electron chi connectivity index (χ1n) is 5.95. The average molecular weight is 239 g/mol. The molecule has 1 unspecified atom stereocenters. The Morgan fingerprint density at radius 2 is 2.19 bits per heavy atom. The molecule has 0 bridgehead atoms. The molecular formula is C13H19ClN2. The highest BCUT2D eigenvalue weighted by Crippen LogP contribution is 2.36. The summed E-state index contributed by atoms with van der Waals surface area (Å²) in [5, 5.41) is 0.823. The molecule has 1 aromatic rings. The van der Waals surface area contributed by atoms with E-state index in [-0.39, 0.29) is 6.04 Å². The van der Waals surface area contributed by atoms with Crippen LogP contribution in [0, 0.1) is 0 Å². The summed E-state index contributed by atoms with van der Waals surface area (Å²) in [5.74, 6) is 0. The van der Waals surface area contributed by atoms with Gasteiger partial charge in [-0.25, -0.2) is 0 Å². The summed E-state index contributed by atoms with van der Waals surface area (Å²) in [4.78, 5) is 2.38. The maximum atomic E-state index is 6.32. The lowest BCUT2D eigenvalue weighted by atomic mass is 10.1. The van der Waals surface area contributed by atoms with Gasteiger partial charge in [-0.3, -0.25) is 0 Å². The van der Waals surface area contributed by atoms with Crippen molar-refractivity contribution in [2.45, 2.75) is 38.8 Å². The van der Waals surface area contributed by atoms with E-state index in [2.05, 4.69) is 24.0 Å². The van der Waals surface area contributed by atoms with E-state index in [1.54, 1.807) is 0 Å². The lowest BCUT2D eigenvalue weighted by Crippen LogP contribution is -2.25. The molecule has 1 aromatic carbocycles. The number of anilines is 1. The average Bonchev–Trinajstić information content (AvgIpc) is 3.05. The fourth-order valence-corrected chi connectivity index (χ4v) is 2.35. The highest BCUT2D eigenvalue weighted by Gasteiger charge is 2.29. The first-order valence-corrected chi connectivity index (χ1v) is 6.33. The number of benzene rings is 1. The molecule has 1 fully saturated rings. The van der Waals surface area contributed by atoms with E-state index in [0.717, 1.165) is 22.8 Å². The van der Waals surface area contributed by atoms with Gasteiger partial charge in [0.1, 0.15) is 0 Å².